The maximum Gasteiger partial charge on any atom is 0.373 e. The molecule has 0 aliphatic carbocycles. The van der Waals surface area contributed by atoms with Crippen LogP contribution in [0, 0.1) is 0 Å². The predicted octanol–water partition coefficient (Wildman–Crippen LogP) is 3.07. The van der Waals surface area contributed by atoms with E-state index in [1.807, 2.05) is 45.0 Å². The lowest BCUT2D eigenvalue weighted by Gasteiger charge is -2.16. The van der Waals surface area contributed by atoms with Crippen LogP contribution in [0.15, 0.2) is 22.6 Å². The zero-order valence-electron chi connectivity index (χ0n) is 12.4. The van der Waals surface area contributed by atoms with Crippen LogP contribution in [0.1, 0.15) is 24.4 Å². The number of esters is 1. The summed E-state index contributed by atoms with van der Waals surface area (Å²) in [4.78, 5) is 13.5. The fraction of sp³-hybridized carbons (Fsp3) is 0.400. The molecule has 0 radical (unpaired) electrons. The minimum absolute atomic E-state index is 0.0343. The van der Waals surface area contributed by atoms with E-state index < -0.39 is 5.97 Å². The van der Waals surface area contributed by atoms with Crippen molar-refractivity contribution < 1.29 is 18.7 Å². The van der Waals surface area contributed by atoms with Gasteiger partial charge >= 0.3 is 5.97 Å². The fourth-order valence-corrected chi connectivity index (χ4v) is 1.90. The largest absolute Gasteiger partial charge is 0.490 e. The van der Waals surface area contributed by atoms with Crippen LogP contribution >= 0.6 is 0 Å². The van der Waals surface area contributed by atoms with Crippen molar-refractivity contribution in [3.63, 3.8) is 0 Å². The molecule has 1 heterocycles. The Morgan fingerprint density at radius 3 is 2.50 bits per heavy atom. The van der Waals surface area contributed by atoms with Crippen molar-refractivity contribution in [1.82, 2.24) is 0 Å². The monoisotopic (exact) mass is 277 g/mol. The Morgan fingerprint density at radius 2 is 1.95 bits per heavy atom. The number of methoxy groups -OCH3 is 1. The Balaban J connectivity index is 2.60. The molecule has 0 spiro atoms. The number of anilines is 1. The van der Waals surface area contributed by atoms with E-state index in [1.54, 1.807) is 6.07 Å². The summed E-state index contributed by atoms with van der Waals surface area (Å²) < 4.78 is 16.0. The number of hydrogen-bond acceptors (Lipinski definition) is 5. The minimum atomic E-state index is -0.497. The van der Waals surface area contributed by atoms with E-state index in [0.29, 0.717) is 11.3 Å². The molecule has 0 atom stereocenters. The second kappa shape index (κ2) is 5.45. The quantitative estimate of drug-likeness (QED) is 0.804. The molecule has 108 valence electrons. The van der Waals surface area contributed by atoms with Crippen LogP contribution in [0.3, 0.4) is 0 Å². The number of ether oxygens (including phenoxy) is 2. The zero-order valence-corrected chi connectivity index (χ0v) is 12.4. The molecule has 5 heteroatoms. The molecule has 1 aromatic carbocycles. The summed E-state index contributed by atoms with van der Waals surface area (Å²) in [6.45, 7) is 3.91. The van der Waals surface area contributed by atoms with E-state index >= 15 is 0 Å². The zero-order chi connectivity index (χ0) is 14.9. The lowest BCUT2D eigenvalue weighted by molar-refractivity contribution is 0.0567. The van der Waals surface area contributed by atoms with Gasteiger partial charge in [0.2, 0.25) is 5.76 Å². The number of carbonyl (C=O) groups is 1. The van der Waals surface area contributed by atoms with Crippen LogP contribution in [0.5, 0.6) is 5.75 Å². The fourth-order valence-electron chi connectivity index (χ4n) is 1.90. The van der Waals surface area contributed by atoms with E-state index in [2.05, 4.69) is 4.74 Å². The minimum Gasteiger partial charge on any atom is -0.490 e. The van der Waals surface area contributed by atoms with E-state index in [0.717, 1.165) is 11.1 Å². The van der Waals surface area contributed by atoms with Gasteiger partial charge < -0.3 is 18.8 Å². The molecule has 2 rings (SSSR count). The summed E-state index contributed by atoms with van der Waals surface area (Å²) >= 11 is 0. The Hall–Kier alpha value is -2.17. The molecular formula is C15H19NO4. The summed E-state index contributed by atoms with van der Waals surface area (Å²) in [6, 6.07) is 5.45. The Morgan fingerprint density at radius 1 is 1.25 bits per heavy atom. The van der Waals surface area contributed by atoms with E-state index in [1.165, 1.54) is 7.11 Å². The number of benzene rings is 1. The second-order valence-corrected chi connectivity index (χ2v) is 5.02. The molecule has 0 fully saturated rings. The van der Waals surface area contributed by atoms with Gasteiger partial charge in [0.1, 0.15) is 11.3 Å². The molecule has 0 amide bonds. The van der Waals surface area contributed by atoms with Gasteiger partial charge in [-0.05, 0) is 13.8 Å². The second-order valence-electron chi connectivity index (χ2n) is 5.02. The van der Waals surface area contributed by atoms with E-state index in [4.69, 9.17) is 9.15 Å². The standard InChI is InChI=1S/C15H19NO4/c1-9(2)19-12-6-10(16(3)4)7-13-11(12)8-14(20-13)15(17)18-5/h6-9H,1-5H3. The molecule has 0 bridgehead atoms. The molecule has 2 aromatic rings. The average Bonchev–Trinajstić information content (AvgIpc) is 2.81. The third-order valence-electron chi connectivity index (χ3n) is 2.85. The van der Waals surface area contributed by atoms with Crippen LogP contribution in [-0.4, -0.2) is 33.3 Å². The van der Waals surface area contributed by atoms with Gasteiger partial charge in [-0.1, -0.05) is 0 Å². The lowest BCUT2D eigenvalue weighted by Crippen LogP contribution is -2.10. The smallest absolute Gasteiger partial charge is 0.373 e. The number of hydrogen-bond donors (Lipinski definition) is 0. The molecule has 0 unspecified atom stereocenters. The highest BCUT2D eigenvalue weighted by Crippen LogP contribution is 2.34. The summed E-state index contributed by atoms with van der Waals surface area (Å²) in [5, 5.41) is 0.768. The van der Waals surface area contributed by atoms with Gasteiger partial charge in [-0.15, -0.1) is 0 Å². The molecule has 0 saturated heterocycles. The highest BCUT2D eigenvalue weighted by molar-refractivity contribution is 5.96. The summed E-state index contributed by atoms with van der Waals surface area (Å²) in [7, 11) is 5.20. The number of furan rings is 1. The third-order valence-corrected chi connectivity index (χ3v) is 2.85. The van der Waals surface area contributed by atoms with Gasteiger partial charge in [-0.2, -0.15) is 0 Å². The van der Waals surface area contributed by atoms with Crippen molar-refractivity contribution >= 4 is 22.6 Å². The molecule has 5 nitrogen and oxygen atoms in total. The van der Waals surface area contributed by atoms with Gasteiger partial charge in [0.05, 0.1) is 18.6 Å². The summed E-state index contributed by atoms with van der Waals surface area (Å²) in [6.07, 6.45) is 0.0343. The summed E-state index contributed by atoms with van der Waals surface area (Å²) in [5.41, 5.74) is 1.55. The van der Waals surface area contributed by atoms with Crippen molar-refractivity contribution in [2.75, 3.05) is 26.1 Å². The first-order valence-corrected chi connectivity index (χ1v) is 6.42. The molecular weight excluding hydrogens is 258 g/mol. The Labute approximate surface area is 118 Å². The van der Waals surface area contributed by atoms with Crippen LogP contribution in [0.2, 0.25) is 0 Å². The third kappa shape index (κ3) is 2.71. The van der Waals surface area contributed by atoms with E-state index in [9.17, 15) is 4.79 Å². The number of carbonyl (C=O) groups excluding carboxylic acids is 1. The summed E-state index contributed by atoms with van der Waals surface area (Å²) in [5.74, 6) is 0.371. The Bertz CT molecular complexity index is 628. The van der Waals surface area contributed by atoms with Gasteiger partial charge in [-0.25, -0.2) is 4.79 Å². The maximum absolute atomic E-state index is 11.6. The molecule has 0 saturated carbocycles. The first-order valence-electron chi connectivity index (χ1n) is 6.42. The van der Waals surface area contributed by atoms with Crippen molar-refractivity contribution in [2.24, 2.45) is 0 Å². The van der Waals surface area contributed by atoms with Crippen molar-refractivity contribution in [3.05, 3.63) is 24.0 Å². The Kier molecular flexibility index (Phi) is 3.88. The SMILES string of the molecule is COC(=O)c1cc2c(OC(C)C)cc(N(C)C)cc2o1. The van der Waals surface area contributed by atoms with Gasteiger partial charge in [0.25, 0.3) is 0 Å². The average molecular weight is 277 g/mol. The molecule has 1 aromatic heterocycles. The highest BCUT2D eigenvalue weighted by Gasteiger charge is 2.17. The molecule has 20 heavy (non-hydrogen) atoms. The van der Waals surface area contributed by atoms with Crippen molar-refractivity contribution in [3.8, 4) is 5.75 Å². The van der Waals surface area contributed by atoms with Crippen LogP contribution in [0.4, 0.5) is 5.69 Å². The molecule has 0 N–H and O–H groups in total. The normalized spacial score (nSPS) is 10.9. The molecule has 0 aliphatic heterocycles. The highest BCUT2D eigenvalue weighted by atomic mass is 16.5. The lowest BCUT2D eigenvalue weighted by atomic mass is 10.2. The first-order chi connectivity index (χ1) is 9.42. The van der Waals surface area contributed by atoms with Crippen LogP contribution in [-0.2, 0) is 4.74 Å². The molecule has 0 aliphatic rings. The van der Waals surface area contributed by atoms with Gasteiger partial charge in [0, 0.05) is 38.0 Å². The van der Waals surface area contributed by atoms with Crippen LogP contribution < -0.4 is 9.64 Å². The number of rotatable bonds is 4. The first kappa shape index (κ1) is 14.2. The maximum atomic E-state index is 11.6. The number of nitrogens with zero attached hydrogens (tertiary/aromatic N) is 1. The van der Waals surface area contributed by atoms with Gasteiger partial charge in [0.15, 0.2) is 0 Å². The number of fused-ring (bicyclic) bond motifs is 1. The predicted molar refractivity (Wildman–Crippen MR) is 77.6 cm³/mol. The van der Waals surface area contributed by atoms with Crippen molar-refractivity contribution in [2.45, 2.75) is 20.0 Å². The van der Waals surface area contributed by atoms with Crippen molar-refractivity contribution in [1.29, 1.82) is 0 Å². The van der Waals surface area contributed by atoms with E-state index in [-0.39, 0.29) is 11.9 Å². The van der Waals surface area contributed by atoms with Crippen LogP contribution in [0.25, 0.3) is 11.0 Å². The topological polar surface area (TPSA) is 51.9 Å². The van der Waals surface area contributed by atoms with Gasteiger partial charge in [-0.3, -0.25) is 0 Å².